The molecule has 7 heteroatoms. The van der Waals surface area contributed by atoms with Gasteiger partial charge in [-0.25, -0.2) is 0 Å². The molecule has 0 aliphatic carbocycles. The van der Waals surface area contributed by atoms with Gasteiger partial charge in [-0.3, -0.25) is 9.78 Å². The van der Waals surface area contributed by atoms with E-state index in [0.29, 0.717) is 22.4 Å². The van der Waals surface area contributed by atoms with Crippen LogP contribution in [0.3, 0.4) is 0 Å². The molecule has 0 aliphatic heterocycles. The lowest BCUT2D eigenvalue weighted by atomic mass is 10.1. The van der Waals surface area contributed by atoms with Gasteiger partial charge in [-0.2, -0.15) is 0 Å². The lowest BCUT2D eigenvalue weighted by Gasteiger charge is -2.01. The average Bonchev–Trinajstić information content (AvgIpc) is 2.78. The van der Waals surface area contributed by atoms with Gasteiger partial charge in [-0.15, -0.1) is 10.2 Å². The smallest absolute Gasteiger partial charge is 0.232 e. The maximum atomic E-state index is 11.9. The maximum Gasteiger partial charge on any atom is 0.232 e. The number of carbonyl (C=O) groups excluding carboxylic acids is 1. The fourth-order valence-electron chi connectivity index (χ4n) is 1.60. The van der Waals surface area contributed by atoms with Crippen LogP contribution in [0.5, 0.6) is 0 Å². The predicted molar refractivity (Wildman–Crippen MR) is 79.4 cm³/mol. The molecule has 0 fully saturated rings. The average molecular weight is 291 g/mol. The van der Waals surface area contributed by atoms with Crippen LogP contribution in [0.15, 0.2) is 18.3 Å². The number of nitrogen functional groups attached to an aromatic ring is 1. The third-order valence-electron chi connectivity index (χ3n) is 2.49. The molecule has 2 aromatic rings. The summed E-state index contributed by atoms with van der Waals surface area (Å²) in [5.41, 5.74) is 6.79. The summed E-state index contributed by atoms with van der Waals surface area (Å²) in [6.07, 6.45) is 2.60. The molecule has 0 bridgehead atoms. The van der Waals surface area contributed by atoms with E-state index in [9.17, 15) is 4.79 Å². The molecule has 2 heterocycles. The molecule has 106 valence electrons. The highest BCUT2D eigenvalue weighted by Crippen LogP contribution is 2.18. The summed E-state index contributed by atoms with van der Waals surface area (Å²) in [6, 6.07) is 3.46. The van der Waals surface area contributed by atoms with Crippen LogP contribution in [-0.4, -0.2) is 21.1 Å². The summed E-state index contributed by atoms with van der Waals surface area (Å²) in [7, 11) is 0. The summed E-state index contributed by atoms with van der Waals surface area (Å²) in [6.45, 7) is 4.23. The summed E-state index contributed by atoms with van der Waals surface area (Å²) >= 11 is 1.41. The van der Waals surface area contributed by atoms with E-state index in [4.69, 9.17) is 5.73 Å². The predicted octanol–water partition coefficient (Wildman–Crippen LogP) is 1.90. The quantitative estimate of drug-likeness (QED) is 0.877. The molecule has 20 heavy (non-hydrogen) atoms. The van der Waals surface area contributed by atoms with E-state index >= 15 is 0 Å². The van der Waals surface area contributed by atoms with Gasteiger partial charge < -0.3 is 11.1 Å². The van der Waals surface area contributed by atoms with Crippen LogP contribution in [0.4, 0.5) is 10.8 Å². The largest absolute Gasteiger partial charge is 0.397 e. The third kappa shape index (κ3) is 4.27. The van der Waals surface area contributed by atoms with Gasteiger partial charge in [0.25, 0.3) is 0 Å². The molecule has 3 N–H and O–H groups in total. The van der Waals surface area contributed by atoms with Crippen LogP contribution < -0.4 is 11.1 Å². The number of nitrogens with one attached hydrogen (secondary N) is 1. The minimum Gasteiger partial charge on any atom is -0.397 e. The van der Waals surface area contributed by atoms with Crippen molar-refractivity contribution in [2.75, 3.05) is 11.1 Å². The van der Waals surface area contributed by atoms with Crippen molar-refractivity contribution in [3.05, 3.63) is 29.0 Å². The topological polar surface area (TPSA) is 93.8 Å². The lowest BCUT2D eigenvalue weighted by Crippen LogP contribution is -2.15. The van der Waals surface area contributed by atoms with Crippen LogP contribution in [0.2, 0.25) is 0 Å². The van der Waals surface area contributed by atoms with Crippen LogP contribution in [0, 0.1) is 5.92 Å². The van der Waals surface area contributed by atoms with Crippen molar-refractivity contribution in [2.24, 2.45) is 5.92 Å². The summed E-state index contributed by atoms with van der Waals surface area (Å²) < 4.78 is 0. The van der Waals surface area contributed by atoms with Crippen LogP contribution in [0.1, 0.15) is 24.5 Å². The first-order valence-corrected chi connectivity index (χ1v) is 7.17. The Hall–Kier alpha value is -2.02. The Morgan fingerprint density at radius 3 is 2.85 bits per heavy atom. The Morgan fingerprint density at radius 2 is 2.20 bits per heavy atom. The highest BCUT2D eigenvalue weighted by atomic mass is 32.1. The summed E-state index contributed by atoms with van der Waals surface area (Å²) in [5.74, 6) is 0.361. The number of aromatic nitrogens is 3. The summed E-state index contributed by atoms with van der Waals surface area (Å²) in [4.78, 5) is 15.9. The molecule has 0 atom stereocenters. The molecule has 2 aromatic heterocycles. The van der Waals surface area contributed by atoms with Crippen molar-refractivity contribution in [3.63, 3.8) is 0 Å². The Bertz CT molecular complexity index is 579. The number of anilines is 2. The molecule has 0 unspecified atom stereocenters. The zero-order chi connectivity index (χ0) is 14.5. The van der Waals surface area contributed by atoms with Crippen molar-refractivity contribution in [3.8, 4) is 0 Å². The van der Waals surface area contributed by atoms with Gasteiger partial charge in [0.2, 0.25) is 11.0 Å². The summed E-state index contributed by atoms with van der Waals surface area (Å²) in [5, 5.41) is 12.2. The van der Waals surface area contributed by atoms with Gasteiger partial charge >= 0.3 is 0 Å². The van der Waals surface area contributed by atoms with Crippen molar-refractivity contribution in [1.82, 2.24) is 15.2 Å². The van der Waals surface area contributed by atoms with Crippen LogP contribution >= 0.6 is 11.3 Å². The second-order valence-electron chi connectivity index (χ2n) is 4.91. The fourth-order valence-corrected chi connectivity index (χ4v) is 2.57. The second kappa shape index (κ2) is 6.42. The zero-order valence-electron chi connectivity index (χ0n) is 11.5. The molecule has 0 aliphatic rings. The van der Waals surface area contributed by atoms with Gasteiger partial charge in [-0.05, 0) is 18.1 Å². The maximum absolute atomic E-state index is 11.9. The minimum absolute atomic E-state index is 0.158. The van der Waals surface area contributed by atoms with E-state index in [-0.39, 0.29) is 12.3 Å². The molecule has 0 radical (unpaired) electrons. The molecular weight excluding hydrogens is 274 g/mol. The molecule has 1 amide bonds. The number of hydrogen-bond donors (Lipinski definition) is 2. The van der Waals surface area contributed by atoms with Crippen molar-refractivity contribution < 1.29 is 4.79 Å². The minimum atomic E-state index is -0.158. The number of rotatable bonds is 5. The number of nitrogens with zero attached hydrogens (tertiary/aromatic N) is 3. The number of pyridine rings is 1. The number of hydrogen-bond acceptors (Lipinski definition) is 6. The molecule has 0 aromatic carbocycles. The third-order valence-corrected chi connectivity index (χ3v) is 3.35. The Kier molecular flexibility index (Phi) is 4.62. The molecule has 0 spiro atoms. The van der Waals surface area contributed by atoms with Gasteiger partial charge in [-0.1, -0.05) is 25.2 Å². The molecule has 0 saturated carbocycles. The van der Waals surface area contributed by atoms with Crippen molar-refractivity contribution in [2.45, 2.75) is 26.7 Å². The van der Waals surface area contributed by atoms with Crippen molar-refractivity contribution >= 4 is 28.1 Å². The van der Waals surface area contributed by atoms with E-state index in [1.807, 2.05) is 0 Å². The SMILES string of the molecule is CC(C)Cc1nnc(NC(=O)Cc2ccc(N)cn2)s1. The lowest BCUT2D eigenvalue weighted by molar-refractivity contribution is -0.115. The Balaban J connectivity index is 1.91. The Morgan fingerprint density at radius 1 is 1.40 bits per heavy atom. The van der Waals surface area contributed by atoms with Gasteiger partial charge in [0.05, 0.1) is 18.3 Å². The number of nitrogens with two attached hydrogens (primary N) is 1. The van der Waals surface area contributed by atoms with E-state index in [1.54, 1.807) is 12.1 Å². The number of carbonyl (C=O) groups is 1. The first-order valence-electron chi connectivity index (χ1n) is 6.35. The normalized spacial score (nSPS) is 10.8. The van der Waals surface area contributed by atoms with Crippen LogP contribution in [0.25, 0.3) is 0 Å². The standard InChI is InChI=1S/C13H17N5OS/c1-8(2)5-12-17-18-13(20-12)16-11(19)6-10-4-3-9(14)7-15-10/h3-4,7-8H,5-6,14H2,1-2H3,(H,16,18,19). The van der Waals surface area contributed by atoms with E-state index in [1.165, 1.54) is 17.5 Å². The monoisotopic (exact) mass is 291 g/mol. The highest BCUT2D eigenvalue weighted by molar-refractivity contribution is 7.15. The molecular formula is C13H17N5OS. The van der Waals surface area contributed by atoms with Gasteiger partial charge in [0.15, 0.2) is 0 Å². The molecule has 6 nitrogen and oxygen atoms in total. The highest BCUT2D eigenvalue weighted by Gasteiger charge is 2.10. The zero-order valence-corrected chi connectivity index (χ0v) is 12.3. The van der Waals surface area contributed by atoms with E-state index in [0.717, 1.165) is 11.4 Å². The van der Waals surface area contributed by atoms with Crippen LogP contribution in [-0.2, 0) is 17.6 Å². The second-order valence-corrected chi connectivity index (χ2v) is 5.97. The number of amides is 1. The first-order chi connectivity index (χ1) is 9.52. The van der Waals surface area contributed by atoms with E-state index in [2.05, 4.69) is 34.3 Å². The molecule has 2 rings (SSSR count). The first kappa shape index (κ1) is 14.4. The van der Waals surface area contributed by atoms with Gasteiger partial charge in [0, 0.05) is 12.1 Å². The van der Waals surface area contributed by atoms with Crippen molar-refractivity contribution in [1.29, 1.82) is 0 Å². The Labute approximate surface area is 121 Å². The molecule has 0 saturated heterocycles. The van der Waals surface area contributed by atoms with Gasteiger partial charge in [0.1, 0.15) is 5.01 Å². The van der Waals surface area contributed by atoms with E-state index < -0.39 is 0 Å². The fraction of sp³-hybridized carbons (Fsp3) is 0.385.